The van der Waals surface area contributed by atoms with Crippen molar-refractivity contribution in [3.8, 4) is 0 Å². The van der Waals surface area contributed by atoms with Crippen LogP contribution in [0.3, 0.4) is 0 Å². The first kappa shape index (κ1) is 9.50. The van der Waals surface area contributed by atoms with E-state index in [0.29, 0.717) is 11.3 Å². The average molecular weight is 212 g/mol. The van der Waals surface area contributed by atoms with Crippen LogP contribution in [0.5, 0.6) is 0 Å². The van der Waals surface area contributed by atoms with Gasteiger partial charge in [0.05, 0.1) is 25.8 Å². The summed E-state index contributed by atoms with van der Waals surface area (Å²) < 4.78 is 9.33. The summed E-state index contributed by atoms with van der Waals surface area (Å²) in [6, 6.07) is 0. The molecule has 0 aromatic carbocycles. The number of ether oxygens (including phenoxy) is 1. The first-order valence-corrected chi connectivity index (χ1v) is 4.17. The van der Waals surface area contributed by atoms with E-state index in [1.54, 1.807) is 0 Å². The number of fused-ring (bicyclic) bond motifs is 1. The normalized spacial score (nSPS) is 13.8. The van der Waals surface area contributed by atoms with Crippen LogP contribution in [-0.2, 0) is 17.8 Å². The van der Waals surface area contributed by atoms with Crippen LogP contribution >= 0.6 is 0 Å². The number of carboxylic acid groups (broad SMARTS) is 1. The first-order chi connectivity index (χ1) is 7.13. The highest BCUT2D eigenvalue weighted by molar-refractivity contribution is 5.87. The van der Waals surface area contributed by atoms with Crippen molar-refractivity contribution in [3.63, 3.8) is 0 Å². The van der Waals surface area contributed by atoms with Gasteiger partial charge < -0.3 is 14.4 Å². The number of carbonyl (C=O) groups is 2. The fourth-order valence-electron chi connectivity index (χ4n) is 1.48. The van der Waals surface area contributed by atoms with E-state index in [9.17, 15) is 9.59 Å². The van der Waals surface area contributed by atoms with Crippen molar-refractivity contribution < 1.29 is 24.0 Å². The molecule has 0 atom stereocenters. The number of rotatable bonds is 1. The second-order valence-corrected chi connectivity index (χ2v) is 3.06. The molecule has 0 unspecified atom stereocenters. The van der Waals surface area contributed by atoms with Crippen molar-refractivity contribution >= 4 is 12.1 Å². The number of aromatic carboxylic acids is 1. The minimum atomic E-state index is -1.16. The van der Waals surface area contributed by atoms with E-state index in [2.05, 4.69) is 9.89 Å². The van der Waals surface area contributed by atoms with E-state index in [0.717, 1.165) is 0 Å². The topological polar surface area (TPSA) is 92.9 Å². The SMILES string of the molecule is COC(=O)N1Cc2onc(C(=O)O)c2C1. The highest BCUT2D eigenvalue weighted by Crippen LogP contribution is 2.26. The zero-order valence-electron chi connectivity index (χ0n) is 7.89. The first-order valence-electron chi connectivity index (χ1n) is 4.17. The third-order valence-electron chi connectivity index (χ3n) is 2.19. The van der Waals surface area contributed by atoms with Gasteiger partial charge in [-0.05, 0) is 0 Å². The van der Waals surface area contributed by atoms with Crippen molar-refractivity contribution in [2.45, 2.75) is 13.1 Å². The van der Waals surface area contributed by atoms with Crippen LogP contribution in [0.4, 0.5) is 4.79 Å². The van der Waals surface area contributed by atoms with Crippen LogP contribution in [-0.4, -0.2) is 34.3 Å². The van der Waals surface area contributed by atoms with Gasteiger partial charge in [-0.15, -0.1) is 0 Å². The number of hydrogen-bond acceptors (Lipinski definition) is 5. The minimum Gasteiger partial charge on any atom is -0.476 e. The molecule has 0 fully saturated rings. The molecule has 1 N–H and O–H groups in total. The molecule has 1 aliphatic heterocycles. The fraction of sp³-hybridized carbons (Fsp3) is 0.375. The Morgan fingerprint density at radius 2 is 2.27 bits per heavy atom. The van der Waals surface area contributed by atoms with Crippen LogP contribution in [0.15, 0.2) is 4.52 Å². The van der Waals surface area contributed by atoms with Crippen LogP contribution in [0.1, 0.15) is 21.8 Å². The van der Waals surface area contributed by atoms with Crippen LogP contribution in [0.25, 0.3) is 0 Å². The lowest BCUT2D eigenvalue weighted by atomic mass is 10.2. The molecule has 0 bridgehead atoms. The maximum atomic E-state index is 11.2. The van der Waals surface area contributed by atoms with E-state index in [1.165, 1.54) is 12.0 Å². The summed E-state index contributed by atoms with van der Waals surface area (Å²) in [5, 5.41) is 12.2. The van der Waals surface area contributed by atoms with Gasteiger partial charge in [0.25, 0.3) is 0 Å². The van der Waals surface area contributed by atoms with Crippen molar-refractivity contribution in [2.24, 2.45) is 0 Å². The Morgan fingerprint density at radius 3 is 2.87 bits per heavy atom. The summed E-state index contributed by atoms with van der Waals surface area (Å²) >= 11 is 0. The number of carboxylic acids is 1. The highest BCUT2D eigenvalue weighted by atomic mass is 16.5. The fourth-order valence-corrected chi connectivity index (χ4v) is 1.48. The van der Waals surface area contributed by atoms with E-state index < -0.39 is 12.1 Å². The van der Waals surface area contributed by atoms with Gasteiger partial charge >= 0.3 is 12.1 Å². The van der Waals surface area contributed by atoms with Crippen molar-refractivity contribution in [3.05, 3.63) is 17.0 Å². The van der Waals surface area contributed by atoms with Gasteiger partial charge in [-0.1, -0.05) is 5.16 Å². The summed E-state index contributed by atoms with van der Waals surface area (Å²) in [5.41, 5.74) is 0.296. The number of amides is 1. The molecule has 0 spiro atoms. The maximum absolute atomic E-state index is 11.2. The van der Waals surface area contributed by atoms with Gasteiger partial charge in [-0.3, -0.25) is 4.90 Å². The molecule has 1 aromatic heterocycles. The lowest BCUT2D eigenvalue weighted by Gasteiger charge is -2.12. The summed E-state index contributed by atoms with van der Waals surface area (Å²) in [5.74, 6) is -0.760. The smallest absolute Gasteiger partial charge is 0.410 e. The molecule has 0 saturated heterocycles. The Balaban J connectivity index is 2.24. The largest absolute Gasteiger partial charge is 0.476 e. The molecule has 0 aliphatic carbocycles. The number of aromatic nitrogens is 1. The number of carbonyl (C=O) groups excluding carboxylic acids is 1. The standard InChI is InChI=1S/C8H8N2O5/c1-14-8(13)10-2-4-5(3-10)15-9-6(4)7(11)12/h2-3H2,1H3,(H,11,12). The molecule has 2 rings (SSSR count). The summed E-state index contributed by atoms with van der Waals surface area (Å²) in [6.07, 6.45) is -0.516. The zero-order valence-corrected chi connectivity index (χ0v) is 7.89. The molecule has 0 saturated carbocycles. The summed E-state index contributed by atoms with van der Waals surface area (Å²) in [4.78, 5) is 23.2. The Bertz CT molecular complexity index is 425. The second-order valence-electron chi connectivity index (χ2n) is 3.06. The maximum Gasteiger partial charge on any atom is 0.410 e. The Morgan fingerprint density at radius 1 is 1.53 bits per heavy atom. The van der Waals surface area contributed by atoms with Gasteiger partial charge in [0.1, 0.15) is 0 Å². The van der Waals surface area contributed by atoms with Crippen molar-refractivity contribution in [1.82, 2.24) is 10.1 Å². The molecule has 1 amide bonds. The van der Waals surface area contributed by atoms with Crippen molar-refractivity contribution in [1.29, 1.82) is 0 Å². The predicted molar refractivity (Wildman–Crippen MR) is 45.1 cm³/mol. The van der Waals surface area contributed by atoms with E-state index in [1.807, 2.05) is 0 Å². The lowest BCUT2D eigenvalue weighted by Crippen LogP contribution is -2.25. The molecule has 0 radical (unpaired) electrons. The molecule has 80 valence electrons. The van der Waals surface area contributed by atoms with Crippen LogP contribution < -0.4 is 0 Å². The van der Waals surface area contributed by atoms with Crippen LogP contribution in [0, 0.1) is 0 Å². The summed E-state index contributed by atoms with van der Waals surface area (Å²) in [6.45, 7) is 0.357. The average Bonchev–Trinajstić information content (AvgIpc) is 2.73. The molecule has 2 heterocycles. The monoisotopic (exact) mass is 212 g/mol. The van der Waals surface area contributed by atoms with Crippen LogP contribution in [0.2, 0.25) is 0 Å². The van der Waals surface area contributed by atoms with E-state index >= 15 is 0 Å². The third-order valence-corrected chi connectivity index (χ3v) is 2.19. The third kappa shape index (κ3) is 1.41. The Labute approximate surface area is 84.2 Å². The highest BCUT2D eigenvalue weighted by Gasteiger charge is 2.32. The number of hydrogen-bond donors (Lipinski definition) is 1. The van der Waals surface area contributed by atoms with Crippen molar-refractivity contribution in [2.75, 3.05) is 7.11 Å². The second kappa shape index (κ2) is 3.26. The Kier molecular flexibility index (Phi) is 2.07. The quantitative estimate of drug-likeness (QED) is 0.726. The zero-order chi connectivity index (χ0) is 11.0. The summed E-state index contributed by atoms with van der Waals surface area (Å²) in [7, 11) is 1.26. The van der Waals surface area contributed by atoms with Gasteiger partial charge in [-0.25, -0.2) is 9.59 Å². The Hall–Kier alpha value is -2.05. The van der Waals surface area contributed by atoms with Gasteiger partial charge in [0.15, 0.2) is 11.5 Å². The van der Waals surface area contributed by atoms with E-state index in [-0.39, 0.29) is 18.8 Å². The molecule has 1 aliphatic rings. The predicted octanol–water partition coefficient (Wildman–Crippen LogP) is 0.455. The molecular formula is C8H8N2O5. The lowest BCUT2D eigenvalue weighted by molar-refractivity contribution is 0.0680. The van der Waals surface area contributed by atoms with E-state index in [4.69, 9.17) is 9.63 Å². The molecular weight excluding hydrogens is 204 g/mol. The number of methoxy groups -OCH3 is 1. The van der Waals surface area contributed by atoms with Gasteiger partial charge in [0.2, 0.25) is 0 Å². The number of nitrogens with zero attached hydrogens (tertiary/aromatic N) is 2. The van der Waals surface area contributed by atoms with Gasteiger partial charge in [0, 0.05) is 0 Å². The molecule has 15 heavy (non-hydrogen) atoms. The molecule has 1 aromatic rings. The van der Waals surface area contributed by atoms with Gasteiger partial charge in [-0.2, -0.15) is 0 Å². The minimum absolute atomic E-state index is 0.142. The molecule has 7 heteroatoms. The molecule has 7 nitrogen and oxygen atoms in total.